The molecule has 0 spiro atoms. The summed E-state index contributed by atoms with van der Waals surface area (Å²) in [5.41, 5.74) is 0. The van der Waals surface area contributed by atoms with Crippen LogP contribution >= 0.6 is 15.9 Å². The third kappa shape index (κ3) is 3.97. The number of nitrogens with zero attached hydrogens (tertiary/aromatic N) is 1. The molecule has 22 heavy (non-hydrogen) atoms. The van der Waals surface area contributed by atoms with Gasteiger partial charge in [-0.3, -0.25) is 9.59 Å². The lowest BCUT2D eigenvalue weighted by Gasteiger charge is -2.32. The molecule has 1 fully saturated rings. The van der Waals surface area contributed by atoms with E-state index in [0.717, 1.165) is 0 Å². The fourth-order valence-electron chi connectivity index (χ4n) is 2.42. The fraction of sp³-hybridized carbons (Fsp3) is 0.467. The largest absolute Gasteiger partial charge is 0.481 e. The van der Waals surface area contributed by atoms with Crippen LogP contribution in [0.1, 0.15) is 19.8 Å². The van der Waals surface area contributed by atoms with Gasteiger partial charge in [0, 0.05) is 13.1 Å². The van der Waals surface area contributed by atoms with Gasteiger partial charge in [0.15, 0.2) is 6.10 Å². The van der Waals surface area contributed by atoms with Gasteiger partial charge in [-0.25, -0.2) is 4.39 Å². The topological polar surface area (TPSA) is 66.8 Å². The lowest BCUT2D eigenvalue weighted by atomic mass is 9.97. The quantitative estimate of drug-likeness (QED) is 0.880. The van der Waals surface area contributed by atoms with Crippen LogP contribution in [0, 0.1) is 11.7 Å². The zero-order valence-corrected chi connectivity index (χ0v) is 13.7. The van der Waals surface area contributed by atoms with Crippen molar-refractivity contribution in [1.82, 2.24) is 4.90 Å². The molecule has 0 saturated carbocycles. The first-order chi connectivity index (χ1) is 10.4. The van der Waals surface area contributed by atoms with Gasteiger partial charge in [-0.05, 0) is 53.9 Å². The first-order valence-electron chi connectivity index (χ1n) is 7.01. The highest BCUT2D eigenvalue weighted by atomic mass is 79.9. The zero-order valence-electron chi connectivity index (χ0n) is 12.1. The Morgan fingerprint density at radius 1 is 1.41 bits per heavy atom. The molecule has 1 heterocycles. The SMILES string of the molecule is C[C@H](Oc1ccc(F)cc1Br)C(=O)N1CCC(C(=O)O)CC1. The minimum atomic E-state index is -0.813. The van der Waals surface area contributed by atoms with E-state index in [1.165, 1.54) is 18.2 Å². The molecule has 120 valence electrons. The molecule has 0 unspecified atom stereocenters. The van der Waals surface area contributed by atoms with Crippen LogP contribution in [0.5, 0.6) is 5.75 Å². The average Bonchev–Trinajstić information content (AvgIpc) is 2.49. The van der Waals surface area contributed by atoms with E-state index < -0.39 is 17.9 Å². The summed E-state index contributed by atoms with van der Waals surface area (Å²) in [4.78, 5) is 24.8. The minimum absolute atomic E-state index is 0.194. The summed E-state index contributed by atoms with van der Waals surface area (Å²) in [5.74, 6) is -1.39. The van der Waals surface area contributed by atoms with Crippen molar-refractivity contribution >= 4 is 27.8 Å². The Balaban J connectivity index is 1.94. The van der Waals surface area contributed by atoms with Crippen LogP contribution in [0.25, 0.3) is 0 Å². The van der Waals surface area contributed by atoms with Crippen molar-refractivity contribution < 1.29 is 23.8 Å². The highest BCUT2D eigenvalue weighted by Gasteiger charge is 2.30. The van der Waals surface area contributed by atoms with Gasteiger partial charge in [-0.1, -0.05) is 0 Å². The summed E-state index contributed by atoms with van der Waals surface area (Å²) in [6.07, 6.45) is 0.186. The molecule has 5 nitrogen and oxygen atoms in total. The van der Waals surface area contributed by atoms with Crippen molar-refractivity contribution in [3.8, 4) is 5.75 Å². The number of likely N-dealkylation sites (tertiary alicyclic amines) is 1. The van der Waals surface area contributed by atoms with Crippen molar-refractivity contribution in [3.05, 3.63) is 28.5 Å². The lowest BCUT2D eigenvalue weighted by Crippen LogP contribution is -2.45. The molecule has 1 aromatic carbocycles. The van der Waals surface area contributed by atoms with Gasteiger partial charge in [0.1, 0.15) is 11.6 Å². The van der Waals surface area contributed by atoms with E-state index in [4.69, 9.17) is 9.84 Å². The third-order valence-electron chi connectivity index (χ3n) is 3.70. The van der Waals surface area contributed by atoms with Crippen LogP contribution in [0.2, 0.25) is 0 Å². The van der Waals surface area contributed by atoms with E-state index in [1.807, 2.05) is 0 Å². The maximum Gasteiger partial charge on any atom is 0.306 e. The molecule has 0 radical (unpaired) electrons. The van der Waals surface area contributed by atoms with Gasteiger partial charge in [0.25, 0.3) is 5.91 Å². The van der Waals surface area contributed by atoms with Crippen LogP contribution in [-0.4, -0.2) is 41.1 Å². The highest BCUT2D eigenvalue weighted by Crippen LogP contribution is 2.27. The highest BCUT2D eigenvalue weighted by molar-refractivity contribution is 9.10. The number of carbonyl (C=O) groups excluding carboxylic acids is 1. The molecule has 1 atom stereocenters. The van der Waals surface area contributed by atoms with Crippen LogP contribution in [0.3, 0.4) is 0 Å². The number of carboxylic acids is 1. The first kappa shape index (κ1) is 16.7. The number of halogens is 2. The number of hydrogen-bond acceptors (Lipinski definition) is 3. The number of piperidine rings is 1. The Bertz CT molecular complexity index is 573. The van der Waals surface area contributed by atoms with E-state index in [0.29, 0.717) is 36.2 Å². The molecule has 1 aromatic rings. The summed E-state index contributed by atoms with van der Waals surface area (Å²) in [6, 6.07) is 3.99. The van der Waals surface area contributed by atoms with E-state index in [-0.39, 0.29) is 11.8 Å². The predicted molar refractivity (Wildman–Crippen MR) is 81.1 cm³/mol. The second kappa shape index (κ2) is 7.09. The summed E-state index contributed by atoms with van der Waals surface area (Å²) in [5, 5.41) is 8.96. The van der Waals surface area contributed by atoms with Crippen molar-refractivity contribution in [3.63, 3.8) is 0 Å². The lowest BCUT2D eigenvalue weighted by molar-refractivity contribution is -0.147. The average molecular weight is 374 g/mol. The number of ether oxygens (including phenoxy) is 1. The van der Waals surface area contributed by atoms with E-state index in [9.17, 15) is 14.0 Å². The molecule has 7 heteroatoms. The van der Waals surface area contributed by atoms with Crippen molar-refractivity contribution in [2.75, 3.05) is 13.1 Å². The number of hydrogen-bond donors (Lipinski definition) is 1. The Morgan fingerprint density at radius 2 is 2.05 bits per heavy atom. The molecule has 0 aliphatic carbocycles. The smallest absolute Gasteiger partial charge is 0.306 e. The Hall–Kier alpha value is -1.63. The van der Waals surface area contributed by atoms with Gasteiger partial charge in [-0.15, -0.1) is 0 Å². The number of aliphatic carboxylic acids is 1. The van der Waals surface area contributed by atoms with Gasteiger partial charge < -0.3 is 14.7 Å². The molecule has 1 N–H and O–H groups in total. The molecular formula is C15H17BrFNO4. The van der Waals surface area contributed by atoms with Gasteiger partial charge in [0.05, 0.1) is 10.4 Å². The van der Waals surface area contributed by atoms with Crippen molar-refractivity contribution in [2.24, 2.45) is 5.92 Å². The molecule has 1 aliphatic rings. The molecule has 0 aromatic heterocycles. The third-order valence-corrected chi connectivity index (χ3v) is 4.32. The first-order valence-corrected chi connectivity index (χ1v) is 7.81. The normalized spacial score (nSPS) is 17.1. The van der Waals surface area contributed by atoms with E-state index in [1.54, 1.807) is 11.8 Å². The predicted octanol–water partition coefficient (Wildman–Crippen LogP) is 2.68. The minimum Gasteiger partial charge on any atom is -0.481 e. The van der Waals surface area contributed by atoms with Crippen molar-refractivity contribution in [2.45, 2.75) is 25.9 Å². The Kier molecular flexibility index (Phi) is 5.39. The van der Waals surface area contributed by atoms with Crippen LogP contribution in [0.4, 0.5) is 4.39 Å². The molecule has 2 rings (SSSR count). The summed E-state index contributed by atoms with van der Waals surface area (Å²) >= 11 is 3.19. The number of carbonyl (C=O) groups is 2. The van der Waals surface area contributed by atoms with Gasteiger partial charge in [-0.2, -0.15) is 0 Å². The zero-order chi connectivity index (χ0) is 16.3. The maximum absolute atomic E-state index is 13.0. The van der Waals surface area contributed by atoms with Crippen LogP contribution in [0.15, 0.2) is 22.7 Å². The molecular weight excluding hydrogens is 357 g/mol. The van der Waals surface area contributed by atoms with E-state index in [2.05, 4.69) is 15.9 Å². The van der Waals surface area contributed by atoms with E-state index >= 15 is 0 Å². The number of carboxylic acid groups (broad SMARTS) is 1. The molecule has 0 bridgehead atoms. The summed E-state index contributed by atoms with van der Waals surface area (Å²) in [6.45, 7) is 2.45. The number of amides is 1. The summed E-state index contributed by atoms with van der Waals surface area (Å²) < 4.78 is 19.0. The fourth-order valence-corrected chi connectivity index (χ4v) is 2.86. The Morgan fingerprint density at radius 3 is 2.59 bits per heavy atom. The van der Waals surface area contributed by atoms with Gasteiger partial charge >= 0.3 is 5.97 Å². The van der Waals surface area contributed by atoms with Crippen molar-refractivity contribution in [1.29, 1.82) is 0 Å². The maximum atomic E-state index is 13.0. The second-order valence-electron chi connectivity index (χ2n) is 5.27. The van der Waals surface area contributed by atoms with Crippen LogP contribution in [-0.2, 0) is 9.59 Å². The molecule has 1 saturated heterocycles. The number of benzene rings is 1. The standard InChI is InChI=1S/C15H17BrFNO4/c1-9(22-13-3-2-11(17)8-12(13)16)14(19)18-6-4-10(5-7-18)15(20)21/h2-3,8-10H,4-7H2,1H3,(H,20,21)/t9-/m0/s1. The molecule has 1 aliphatic heterocycles. The monoisotopic (exact) mass is 373 g/mol. The molecule has 1 amide bonds. The Labute approximate surface area is 136 Å². The summed E-state index contributed by atoms with van der Waals surface area (Å²) in [7, 11) is 0. The van der Waals surface area contributed by atoms with Gasteiger partial charge in [0.2, 0.25) is 0 Å². The van der Waals surface area contributed by atoms with Crippen LogP contribution < -0.4 is 4.74 Å². The number of rotatable bonds is 4. The second-order valence-corrected chi connectivity index (χ2v) is 6.13.